The first kappa shape index (κ1) is 11.6. The fourth-order valence-electron chi connectivity index (χ4n) is 1.39. The van der Waals surface area contributed by atoms with E-state index in [1.54, 1.807) is 0 Å². The third-order valence-electron chi connectivity index (χ3n) is 2.15. The molecule has 0 atom stereocenters. The van der Waals surface area contributed by atoms with Gasteiger partial charge in [0.2, 0.25) is 5.91 Å². The SMILES string of the molecule is Cc1nc(C)n(CCCCC(=O)NN)n1. The van der Waals surface area contributed by atoms with Gasteiger partial charge in [0.15, 0.2) is 0 Å². The molecule has 0 radical (unpaired) electrons. The molecular formula is C9H17N5O. The number of amides is 1. The van der Waals surface area contributed by atoms with E-state index in [4.69, 9.17) is 5.84 Å². The molecular weight excluding hydrogens is 194 g/mol. The normalized spacial score (nSPS) is 10.3. The summed E-state index contributed by atoms with van der Waals surface area (Å²) in [6.45, 7) is 4.59. The van der Waals surface area contributed by atoms with E-state index in [9.17, 15) is 4.79 Å². The zero-order valence-electron chi connectivity index (χ0n) is 9.16. The molecule has 0 aliphatic carbocycles. The predicted octanol–water partition coefficient (Wildman–Crippen LogP) is 0.0551. The average Bonchev–Trinajstić information content (AvgIpc) is 2.52. The van der Waals surface area contributed by atoms with E-state index in [0.717, 1.165) is 31.0 Å². The lowest BCUT2D eigenvalue weighted by Gasteiger charge is -2.02. The summed E-state index contributed by atoms with van der Waals surface area (Å²) < 4.78 is 1.86. The van der Waals surface area contributed by atoms with E-state index in [1.807, 2.05) is 18.5 Å². The molecule has 0 spiro atoms. The Morgan fingerprint density at radius 2 is 2.20 bits per heavy atom. The second-order valence-corrected chi connectivity index (χ2v) is 3.45. The fourth-order valence-corrected chi connectivity index (χ4v) is 1.39. The van der Waals surface area contributed by atoms with Crippen LogP contribution in [-0.4, -0.2) is 20.7 Å². The van der Waals surface area contributed by atoms with Gasteiger partial charge < -0.3 is 0 Å². The third kappa shape index (κ3) is 3.67. The summed E-state index contributed by atoms with van der Waals surface area (Å²) in [5, 5.41) is 4.23. The van der Waals surface area contributed by atoms with Gasteiger partial charge in [-0.2, -0.15) is 5.10 Å². The van der Waals surface area contributed by atoms with Crippen molar-refractivity contribution in [2.45, 2.75) is 39.7 Å². The lowest BCUT2D eigenvalue weighted by atomic mass is 10.2. The minimum Gasteiger partial charge on any atom is -0.294 e. The summed E-state index contributed by atoms with van der Waals surface area (Å²) >= 11 is 0. The lowest BCUT2D eigenvalue weighted by Crippen LogP contribution is -2.29. The second-order valence-electron chi connectivity index (χ2n) is 3.45. The van der Waals surface area contributed by atoms with Gasteiger partial charge >= 0.3 is 0 Å². The minimum absolute atomic E-state index is 0.124. The first-order valence-electron chi connectivity index (χ1n) is 5.01. The van der Waals surface area contributed by atoms with Crippen molar-refractivity contribution in [2.24, 2.45) is 5.84 Å². The molecule has 1 rings (SSSR count). The summed E-state index contributed by atoms with van der Waals surface area (Å²) in [4.78, 5) is 15.0. The van der Waals surface area contributed by atoms with Crippen molar-refractivity contribution in [1.82, 2.24) is 20.2 Å². The maximum Gasteiger partial charge on any atom is 0.233 e. The van der Waals surface area contributed by atoms with Crippen molar-refractivity contribution in [1.29, 1.82) is 0 Å². The van der Waals surface area contributed by atoms with E-state index in [-0.39, 0.29) is 5.91 Å². The smallest absolute Gasteiger partial charge is 0.233 e. The number of hydrogen-bond acceptors (Lipinski definition) is 4. The zero-order chi connectivity index (χ0) is 11.3. The van der Waals surface area contributed by atoms with Gasteiger partial charge in [0.25, 0.3) is 0 Å². The molecule has 1 aromatic rings. The maximum atomic E-state index is 10.8. The van der Waals surface area contributed by atoms with Gasteiger partial charge in [-0.15, -0.1) is 0 Å². The van der Waals surface area contributed by atoms with Gasteiger partial charge in [-0.05, 0) is 26.7 Å². The first-order valence-corrected chi connectivity index (χ1v) is 5.01. The molecule has 1 heterocycles. The Balaban J connectivity index is 2.26. The highest BCUT2D eigenvalue weighted by Gasteiger charge is 2.02. The number of nitrogens with one attached hydrogen (secondary N) is 1. The molecule has 0 aromatic carbocycles. The van der Waals surface area contributed by atoms with Crippen LogP contribution < -0.4 is 11.3 Å². The van der Waals surface area contributed by atoms with Gasteiger partial charge in [0.05, 0.1) is 0 Å². The Hall–Kier alpha value is -1.43. The highest BCUT2D eigenvalue weighted by Crippen LogP contribution is 2.01. The highest BCUT2D eigenvalue weighted by atomic mass is 16.2. The van der Waals surface area contributed by atoms with E-state index in [0.29, 0.717) is 6.42 Å². The van der Waals surface area contributed by atoms with Gasteiger partial charge in [-0.1, -0.05) is 0 Å². The Bertz CT molecular complexity index is 333. The molecule has 15 heavy (non-hydrogen) atoms. The number of hydrogen-bond donors (Lipinski definition) is 2. The second kappa shape index (κ2) is 5.45. The topological polar surface area (TPSA) is 85.8 Å². The van der Waals surface area contributed by atoms with Gasteiger partial charge in [-0.3, -0.25) is 14.9 Å². The van der Waals surface area contributed by atoms with Crippen LogP contribution in [0.15, 0.2) is 0 Å². The third-order valence-corrected chi connectivity index (χ3v) is 2.15. The van der Waals surface area contributed by atoms with Crippen LogP contribution in [0.2, 0.25) is 0 Å². The number of nitrogens with zero attached hydrogens (tertiary/aromatic N) is 3. The molecule has 1 amide bonds. The first-order chi connectivity index (χ1) is 7.13. The highest BCUT2D eigenvalue weighted by molar-refractivity contribution is 5.74. The van der Waals surface area contributed by atoms with E-state index >= 15 is 0 Å². The van der Waals surface area contributed by atoms with Crippen molar-refractivity contribution in [3.05, 3.63) is 11.6 Å². The van der Waals surface area contributed by atoms with Crippen molar-refractivity contribution in [3.8, 4) is 0 Å². The van der Waals surface area contributed by atoms with Crippen LogP contribution in [0.1, 0.15) is 30.9 Å². The summed E-state index contributed by atoms with van der Waals surface area (Å²) in [6.07, 6.45) is 2.17. The number of carbonyl (C=O) groups excluding carboxylic acids is 1. The molecule has 0 saturated carbocycles. The Labute approximate surface area is 88.8 Å². The molecule has 3 N–H and O–H groups in total. The zero-order valence-corrected chi connectivity index (χ0v) is 9.16. The van der Waals surface area contributed by atoms with Crippen molar-refractivity contribution >= 4 is 5.91 Å². The van der Waals surface area contributed by atoms with Crippen molar-refractivity contribution < 1.29 is 4.79 Å². The summed E-state index contributed by atoms with van der Waals surface area (Å²) in [5.74, 6) is 6.54. The molecule has 0 aliphatic heterocycles. The summed E-state index contributed by atoms with van der Waals surface area (Å²) in [6, 6.07) is 0. The standard InChI is InChI=1S/C9H17N5O/c1-7-11-8(2)14(13-7)6-4-3-5-9(15)12-10/h3-6,10H2,1-2H3,(H,12,15). The number of rotatable bonds is 5. The van der Waals surface area contributed by atoms with Crippen LogP contribution in [0.3, 0.4) is 0 Å². The lowest BCUT2D eigenvalue weighted by molar-refractivity contribution is -0.121. The number of hydrazine groups is 1. The van der Waals surface area contributed by atoms with Crippen LogP contribution in [-0.2, 0) is 11.3 Å². The van der Waals surface area contributed by atoms with Gasteiger partial charge in [0, 0.05) is 13.0 Å². The van der Waals surface area contributed by atoms with Crippen molar-refractivity contribution in [3.63, 3.8) is 0 Å². The minimum atomic E-state index is -0.124. The molecule has 84 valence electrons. The predicted molar refractivity (Wildman–Crippen MR) is 55.7 cm³/mol. The van der Waals surface area contributed by atoms with E-state index in [1.165, 1.54) is 0 Å². The molecule has 0 saturated heterocycles. The van der Waals surface area contributed by atoms with Crippen LogP contribution >= 0.6 is 0 Å². The molecule has 6 nitrogen and oxygen atoms in total. The summed E-state index contributed by atoms with van der Waals surface area (Å²) in [5.41, 5.74) is 2.11. The number of carbonyl (C=O) groups is 1. The Morgan fingerprint density at radius 1 is 1.47 bits per heavy atom. The number of unbranched alkanes of at least 4 members (excludes halogenated alkanes) is 1. The maximum absolute atomic E-state index is 10.8. The molecule has 0 fully saturated rings. The van der Waals surface area contributed by atoms with Gasteiger partial charge in [-0.25, -0.2) is 10.8 Å². The van der Waals surface area contributed by atoms with Crippen LogP contribution in [0, 0.1) is 13.8 Å². The molecule has 0 unspecified atom stereocenters. The largest absolute Gasteiger partial charge is 0.294 e. The average molecular weight is 211 g/mol. The molecule has 0 aliphatic rings. The number of nitrogens with two attached hydrogens (primary N) is 1. The fraction of sp³-hybridized carbons (Fsp3) is 0.667. The molecule has 6 heteroatoms. The summed E-state index contributed by atoms with van der Waals surface area (Å²) in [7, 11) is 0. The van der Waals surface area contributed by atoms with E-state index in [2.05, 4.69) is 15.5 Å². The molecule has 0 bridgehead atoms. The quantitative estimate of drug-likeness (QED) is 0.312. The van der Waals surface area contributed by atoms with E-state index < -0.39 is 0 Å². The van der Waals surface area contributed by atoms with Crippen molar-refractivity contribution in [2.75, 3.05) is 0 Å². The Kier molecular flexibility index (Phi) is 4.23. The van der Waals surface area contributed by atoms with Crippen LogP contribution in [0.5, 0.6) is 0 Å². The Morgan fingerprint density at radius 3 is 2.73 bits per heavy atom. The number of aromatic nitrogens is 3. The monoisotopic (exact) mass is 211 g/mol. The molecule has 1 aromatic heterocycles. The van der Waals surface area contributed by atoms with Gasteiger partial charge in [0.1, 0.15) is 11.6 Å². The number of aryl methyl sites for hydroxylation is 3. The van der Waals surface area contributed by atoms with Crippen LogP contribution in [0.4, 0.5) is 0 Å². The van der Waals surface area contributed by atoms with Crippen LogP contribution in [0.25, 0.3) is 0 Å².